The molecule has 1 atom stereocenters. The van der Waals surface area contributed by atoms with Crippen molar-refractivity contribution in [3.05, 3.63) is 35.4 Å². The smallest absolute Gasteiger partial charge is 0.0230 e. The van der Waals surface area contributed by atoms with Gasteiger partial charge >= 0.3 is 0 Å². The second-order valence-electron chi connectivity index (χ2n) is 4.87. The first-order valence-electron chi connectivity index (χ1n) is 6.55. The highest BCUT2D eigenvalue weighted by Crippen LogP contribution is 2.19. The van der Waals surface area contributed by atoms with Gasteiger partial charge in [0.15, 0.2) is 0 Å². The Morgan fingerprint density at radius 2 is 1.88 bits per heavy atom. The zero-order chi connectivity index (χ0) is 12.7. The molecule has 0 saturated carbocycles. The first-order valence-corrected chi connectivity index (χ1v) is 7.18. The van der Waals surface area contributed by atoms with Gasteiger partial charge in [-0.15, -0.1) is 0 Å². The predicted molar refractivity (Wildman–Crippen MR) is 80.0 cm³/mol. The van der Waals surface area contributed by atoms with Gasteiger partial charge < -0.3 is 4.90 Å². The molecule has 0 N–H and O–H groups in total. The van der Waals surface area contributed by atoms with E-state index in [1.54, 1.807) is 0 Å². The van der Waals surface area contributed by atoms with Crippen LogP contribution in [0.15, 0.2) is 24.3 Å². The summed E-state index contributed by atoms with van der Waals surface area (Å²) in [7, 11) is 2.17. The quantitative estimate of drug-likeness (QED) is 0.718. The highest BCUT2D eigenvalue weighted by molar-refractivity contribution is 7.80. The van der Waals surface area contributed by atoms with Crippen molar-refractivity contribution in [1.82, 2.24) is 4.90 Å². The summed E-state index contributed by atoms with van der Waals surface area (Å²) in [6, 6.07) is 9.07. The number of benzene rings is 1. The minimum atomic E-state index is 0.672. The maximum atomic E-state index is 4.24. The van der Waals surface area contributed by atoms with Crippen LogP contribution in [0, 0.1) is 0 Å². The Morgan fingerprint density at radius 1 is 1.24 bits per heavy atom. The Morgan fingerprint density at radius 3 is 2.41 bits per heavy atom. The number of rotatable bonds is 7. The third kappa shape index (κ3) is 5.13. The summed E-state index contributed by atoms with van der Waals surface area (Å²) >= 11 is 4.24. The molecule has 1 nitrogen and oxygen atoms in total. The molecule has 0 heterocycles. The van der Waals surface area contributed by atoms with Crippen molar-refractivity contribution in [2.45, 2.75) is 39.2 Å². The molecule has 0 saturated heterocycles. The molecule has 0 radical (unpaired) electrons. The lowest BCUT2D eigenvalue weighted by molar-refractivity contribution is 0.328. The lowest BCUT2D eigenvalue weighted by Crippen LogP contribution is -2.19. The van der Waals surface area contributed by atoms with E-state index in [1.807, 2.05) is 0 Å². The van der Waals surface area contributed by atoms with Gasteiger partial charge in [0.05, 0.1) is 0 Å². The van der Waals surface area contributed by atoms with E-state index in [0.29, 0.717) is 5.92 Å². The number of nitrogens with zero attached hydrogens (tertiary/aromatic N) is 1. The fourth-order valence-corrected chi connectivity index (χ4v) is 2.06. The van der Waals surface area contributed by atoms with Gasteiger partial charge in [0.2, 0.25) is 0 Å². The Kier molecular flexibility index (Phi) is 6.68. The molecule has 96 valence electrons. The van der Waals surface area contributed by atoms with Crippen LogP contribution in [-0.4, -0.2) is 24.2 Å². The zero-order valence-corrected chi connectivity index (χ0v) is 12.2. The molecule has 0 aromatic heterocycles. The van der Waals surface area contributed by atoms with Crippen LogP contribution in [-0.2, 0) is 6.54 Å². The third-order valence-corrected chi connectivity index (χ3v) is 3.63. The van der Waals surface area contributed by atoms with Crippen LogP contribution in [0.2, 0.25) is 0 Å². The summed E-state index contributed by atoms with van der Waals surface area (Å²) in [6.07, 6.45) is 2.37. The van der Waals surface area contributed by atoms with Crippen LogP contribution >= 0.6 is 12.6 Å². The van der Waals surface area contributed by atoms with Gasteiger partial charge in [-0.25, -0.2) is 0 Å². The molecule has 2 heteroatoms. The maximum absolute atomic E-state index is 4.24. The van der Waals surface area contributed by atoms with Crippen molar-refractivity contribution < 1.29 is 0 Å². The molecular weight excluding hydrogens is 226 g/mol. The van der Waals surface area contributed by atoms with Crippen molar-refractivity contribution in [3.8, 4) is 0 Å². The van der Waals surface area contributed by atoms with E-state index < -0.39 is 0 Å². The first-order chi connectivity index (χ1) is 8.17. The zero-order valence-electron chi connectivity index (χ0n) is 11.3. The van der Waals surface area contributed by atoms with Crippen molar-refractivity contribution in [3.63, 3.8) is 0 Å². The van der Waals surface area contributed by atoms with Crippen molar-refractivity contribution in [1.29, 1.82) is 0 Å². The number of hydrogen-bond acceptors (Lipinski definition) is 2. The molecule has 1 aromatic carbocycles. The van der Waals surface area contributed by atoms with E-state index in [1.165, 1.54) is 17.5 Å². The number of hydrogen-bond donors (Lipinski definition) is 1. The van der Waals surface area contributed by atoms with Crippen molar-refractivity contribution in [2.24, 2.45) is 0 Å². The van der Waals surface area contributed by atoms with Gasteiger partial charge in [-0.2, -0.15) is 12.6 Å². The lowest BCUT2D eigenvalue weighted by atomic mass is 9.97. The summed E-state index contributed by atoms with van der Waals surface area (Å²) < 4.78 is 0. The SMILES string of the molecule is CCC(C)c1ccc(CN(C)CCCS)cc1. The minimum absolute atomic E-state index is 0.672. The predicted octanol–water partition coefficient (Wildman–Crippen LogP) is 3.95. The molecule has 0 fully saturated rings. The third-order valence-electron chi connectivity index (χ3n) is 3.31. The van der Waals surface area contributed by atoms with E-state index in [-0.39, 0.29) is 0 Å². The maximum Gasteiger partial charge on any atom is 0.0230 e. The molecule has 0 spiro atoms. The van der Waals surface area contributed by atoms with Gasteiger partial charge in [-0.05, 0) is 49.2 Å². The molecule has 0 aliphatic carbocycles. The van der Waals surface area contributed by atoms with Crippen molar-refractivity contribution >= 4 is 12.6 Å². The van der Waals surface area contributed by atoms with Crippen LogP contribution in [0.5, 0.6) is 0 Å². The molecule has 1 rings (SSSR count). The summed E-state index contributed by atoms with van der Waals surface area (Å²) in [5.74, 6) is 1.64. The van der Waals surface area contributed by atoms with Crippen LogP contribution in [0.3, 0.4) is 0 Å². The topological polar surface area (TPSA) is 3.24 Å². The monoisotopic (exact) mass is 251 g/mol. The molecule has 0 aliphatic rings. The fraction of sp³-hybridized carbons (Fsp3) is 0.600. The van der Waals surface area contributed by atoms with E-state index in [4.69, 9.17) is 0 Å². The lowest BCUT2D eigenvalue weighted by Gasteiger charge is -2.17. The molecule has 0 bridgehead atoms. The summed E-state index contributed by atoms with van der Waals surface area (Å²) in [5, 5.41) is 0. The van der Waals surface area contributed by atoms with Gasteiger partial charge in [0.25, 0.3) is 0 Å². The van der Waals surface area contributed by atoms with Crippen LogP contribution < -0.4 is 0 Å². The standard InChI is InChI=1S/C15H25NS/c1-4-13(2)15-8-6-14(7-9-15)12-16(3)10-5-11-17/h6-9,13,17H,4-5,10-12H2,1-3H3. The Labute approximate surface area is 112 Å². The second-order valence-corrected chi connectivity index (χ2v) is 5.31. The van der Waals surface area contributed by atoms with Gasteiger partial charge in [0, 0.05) is 6.54 Å². The Balaban J connectivity index is 2.50. The molecule has 1 unspecified atom stereocenters. The average Bonchev–Trinajstić information content (AvgIpc) is 2.36. The van der Waals surface area contributed by atoms with Crippen LogP contribution in [0.1, 0.15) is 43.7 Å². The highest BCUT2D eigenvalue weighted by Gasteiger charge is 2.03. The highest BCUT2D eigenvalue weighted by atomic mass is 32.1. The summed E-state index contributed by atoms with van der Waals surface area (Å²) in [4.78, 5) is 2.36. The average molecular weight is 251 g/mol. The van der Waals surface area contributed by atoms with Crippen LogP contribution in [0.25, 0.3) is 0 Å². The minimum Gasteiger partial charge on any atom is -0.302 e. The normalized spacial score (nSPS) is 13.0. The number of thiol groups is 1. The second kappa shape index (κ2) is 7.78. The first kappa shape index (κ1) is 14.6. The summed E-state index contributed by atoms with van der Waals surface area (Å²) in [6.45, 7) is 6.68. The van der Waals surface area contributed by atoms with Gasteiger partial charge in [0.1, 0.15) is 0 Å². The van der Waals surface area contributed by atoms with Crippen LogP contribution in [0.4, 0.5) is 0 Å². The molecular formula is C15H25NS. The van der Waals surface area contributed by atoms with E-state index in [0.717, 1.165) is 25.3 Å². The van der Waals surface area contributed by atoms with E-state index in [9.17, 15) is 0 Å². The fourth-order valence-electron chi connectivity index (χ4n) is 1.92. The molecule has 1 aromatic rings. The Bertz CT molecular complexity index is 307. The Hall–Kier alpha value is -0.470. The van der Waals surface area contributed by atoms with Gasteiger partial charge in [-0.3, -0.25) is 0 Å². The molecule has 17 heavy (non-hydrogen) atoms. The van der Waals surface area contributed by atoms with E-state index >= 15 is 0 Å². The molecule has 0 aliphatic heterocycles. The summed E-state index contributed by atoms with van der Waals surface area (Å²) in [5.41, 5.74) is 2.85. The van der Waals surface area contributed by atoms with Crippen molar-refractivity contribution in [2.75, 3.05) is 19.3 Å². The van der Waals surface area contributed by atoms with Gasteiger partial charge in [-0.1, -0.05) is 38.1 Å². The largest absolute Gasteiger partial charge is 0.302 e. The molecule has 0 amide bonds. The van der Waals surface area contributed by atoms with E-state index in [2.05, 4.69) is 62.7 Å².